The zero-order valence-corrected chi connectivity index (χ0v) is 17.3. The molecule has 3 rings (SSSR count). The van der Waals surface area contributed by atoms with Crippen molar-refractivity contribution in [3.8, 4) is 0 Å². The van der Waals surface area contributed by atoms with Gasteiger partial charge in [-0.2, -0.15) is 0 Å². The number of β-lactam (4-membered cyclic amide) rings is 1. The topological polar surface area (TPSA) is 93.6 Å². The summed E-state index contributed by atoms with van der Waals surface area (Å²) in [6.07, 6.45) is 0.594. The third-order valence-corrected chi connectivity index (χ3v) is 7.47. The lowest BCUT2D eigenvalue weighted by atomic mass is 9.86. The predicted molar refractivity (Wildman–Crippen MR) is 102 cm³/mol. The third-order valence-electron chi connectivity index (χ3n) is 4.50. The Morgan fingerprint density at radius 1 is 1.37 bits per heavy atom. The highest BCUT2D eigenvalue weighted by Crippen LogP contribution is 2.41. The Kier molecular flexibility index (Phi) is 5.22. The summed E-state index contributed by atoms with van der Waals surface area (Å²) in [4.78, 5) is 30.9. The number of rotatable bonds is 5. The van der Waals surface area contributed by atoms with Gasteiger partial charge < -0.3 is 4.74 Å². The normalized spacial score (nSPS) is 24.4. The first-order valence-corrected chi connectivity index (χ1v) is 11.2. The lowest BCUT2D eigenvalue weighted by molar-refractivity contribution is -0.161. The minimum atomic E-state index is -3.65. The van der Waals surface area contributed by atoms with Gasteiger partial charge in [-0.15, -0.1) is 11.8 Å². The van der Waals surface area contributed by atoms with Gasteiger partial charge in [0.25, 0.3) is 5.91 Å². The molecule has 146 valence electrons. The number of allylic oxidation sites excluding steroid dienone is 1. The number of methoxy groups -OCH3 is 1. The van der Waals surface area contributed by atoms with E-state index >= 15 is 0 Å². The van der Waals surface area contributed by atoms with Gasteiger partial charge in [-0.05, 0) is 17.7 Å². The van der Waals surface area contributed by atoms with Crippen molar-refractivity contribution in [3.05, 3.63) is 35.7 Å². The number of Topliss-reactive ketones (excluding diaryl/α,β-unsaturated/α-hetero) is 1. The van der Waals surface area contributed by atoms with Crippen LogP contribution in [0.25, 0.3) is 0 Å². The highest BCUT2D eigenvalue weighted by Gasteiger charge is 2.60. The van der Waals surface area contributed by atoms with Crippen LogP contribution in [0.2, 0.25) is 0 Å². The van der Waals surface area contributed by atoms with Gasteiger partial charge in [0.15, 0.2) is 27.1 Å². The summed E-state index contributed by atoms with van der Waals surface area (Å²) in [5.74, 6) is -0.736. The molecule has 3 heterocycles. The molecule has 0 saturated carbocycles. The average Bonchev–Trinajstić information content (AvgIpc) is 2.59. The first-order chi connectivity index (χ1) is 12.6. The molecule has 27 heavy (non-hydrogen) atoms. The molecule has 1 fully saturated rings. The highest BCUT2D eigenvalue weighted by atomic mass is 32.2. The first-order valence-electron chi connectivity index (χ1n) is 8.46. The van der Waals surface area contributed by atoms with Crippen molar-refractivity contribution in [2.24, 2.45) is 5.41 Å². The number of aromatic nitrogens is 1. The van der Waals surface area contributed by atoms with E-state index in [1.807, 2.05) is 12.1 Å². The van der Waals surface area contributed by atoms with Gasteiger partial charge in [0.1, 0.15) is 0 Å². The van der Waals surface area contributed by atoms with Crippen molar-refractivity contribution in [1.82, 2.24) is 9.88 Å². The van der Waals surface area contributed by atoms with Crippen LogP contribution < -0.4 is 0 Å². The number of ether oxygens (including phenoxy) is 1. The second kappa shape index (κ2) is 7.03. The van der Waals surface area contributed by atoms with Crippen molar-refractivity contribution in [1.29, 1.82) is 0 Å². The van der Waals surface area contributed by atoms with Crippen molar-refractivity contribution in [2.45, 2.75) is 37.3 Å². The lowest BCUT2D eigenvalue weighted by Gasteiger charge is -2.49. The van der Waals surface area contributed by atoms with Gasteiger partial charge in [-0.1, -0.05) is 26.8 Å². The van der Waals surface area contributed by atoms with E-state index in [1.54, 1.807) is 33.0 Å². The fourth-order valence-corrected chi connectivity index (χ4v) is 6.17. The predicted octanol–water partition coefficient (Wildman–Crippen LogP) is 1.65. The molecule has 1 saturated heterocycles. The molecule has 0 spiro atoms. The molecule has 2 aliphatic heterocycles. The van der Waals surface area contributed by atoms with Crippen molar-refractivity contribution in [3.63, 3.8) is 0 Å². The smallest absolute Gasteiger partial charge is 0.260 e. The summed E-state index contributed by atoms with van der Waals surface area (Å²) >= 11 is 1.34. The van der Waals surface area contributed by atoms with Crippen LogP contribution in [0.15, 0.2) is 40.7 Å². The molecule has 2 aliphatic rings. The van der Waals surface area contributed by atoms with E-state index in [1.165, 1.54) is 18.9 Å². The SMILES string of the molecule is CO[C@H]1C(=O)N2C(C(=O)C(C)(C)C)=C(CSc3ccccn3)CS(=O)(=O)C12. The van der Waals surface area contributed by atoms with Crippen LogP contribution >= 0.6 is 11.8 Å². The van der Waals surface area contributed by atoms with Gasteiger partial charge >= 0.3 is 0 Å². The minimum absolute atomic E-state index is 0.198. The molecule has 0 N–H and O–H groups in total. The number of pyridine rings is 1. The van der Waals surface area contributed by atoms with Crippen molar-refractivity contribution < 1.29 is 22.7 Å². The summed E-state index contributed by atoms with van der Waals surface area (Å²) in [6.45, 7) is 5.26. The molecular formula is C18H22N2O5S2. The fraction of sp³-hybridized carbons (Fsp3) is 0.500. The van der Waals surface area contributed by atoms with E-state index in [2.05, 4.69) is 4.98 Å². The van der Waals surface area contributed by atoms with Crippen LogP contribution in [0.1, 0.15) is 20.8 Å². The lowest BCUT2D eigenvalue weighted by Crippen LogP contribution is -2.71. The molecule has 1 amide bonds. The average molecular weight is 411 g/mol. The maximum absolute atomic E-state index is 13.1. The van der Waals surface area contributed by atoms with E-state index in [0.29, 0.717) is 5.57 Å². The number of sulfone groups is 1. The maximum Gasteiger partial charge on any atom is 0.260 e. The number of carbonyl (C=O) groups is 2. The Morgan fingerprint density at radius 2 is 2.07 bits per heavy atom. The number of amides is 1. The summed E-state index contributed by atoms with van der Waals surface area (Å²) in [5, 5.41) is -0.406. The molecule has 1 unspecified atom stereocenters. The van der Waals surface area contributed by atoms with E-state index in [0.717, 1.165) is 9.93 Å². The van der Waals surface area contributed by atoms with Gasteiger partial charge in [0.05, 0.1) is 16.5 Å². The molecule has 2 atom stereocenters. The summed E-state index contributed by atoms with van der Waals surface area (Å²) in [5.41, 5.74) is -0.117. The number of carbonyl (C=O) groups excluding carboxylic acids is 2. The largest absolute Gasteiger partial charge is 0.368 e. The standard InChI is InChI=1S/C18H22N2O5S2/c1-18(2,3)15(21)13-11(9-26-12-7-5-6-8-19-12)10-27(23,24)17-14(25-4)16(22)20(13)17/h5-8,14,17H,9-10H2,1-4H3/t14-,17?/m0/s1. The quantitative estimate of drug-likeness (QED) is 0.538. The van der Waals surface area contributed by atoms with Crippen LogP contribution in [0, 0.1) is 5.41 Å². The zero-order valence-electron chi connectivity index (χ0n) is 15.6. The van der Waals surface area contributed by atoms with Gasteiger partial charge in [-0.3, -0.25) is 14.5 Å². The van der Waals surface area contributed by atoms with E-state index in [4.69, 9.17) is 4.74 Å². The number of thioether (sulfide) groups is 1. The molecular weight excluding hydrogens is 388 g/mol. The molecule has 0 radical (unpaired) electrons. The summed E-state index contributed by atoms with van der Waals surface area (Å²) < 4.78 is 30.6. The second-order valence-corrected chi connectivity index (χ2v) is 10.6. The Balaban J connectivity index is 2.03. The monoisotopic (exact) mass is 410 g/mol. The second-order valence-electron chi connectivity index (χ2n) is 7.55. The molecule has 1 aromatic heterocycles. The Bertz CT molecular complexity index is 903. The van der Waals surface area contributed by atoms with Gasteiger partial charge in [0.2, 0.25) is 0 Å². The van der Waals surface area contributed by atoms with Crippen LogP contribution in [0.3, 0.4) is 0 Å². The van der Waals surface area contributed by atoms with Crippen molar-refractivity contribution >= 4 is 33.3 Å². The molecule has 0 bridgehead atoms. The maximum atomic E-state index is 13.1. The van der Waals surface area contributed by atoms with E-state index in [-0.39, 0.29) is 23.0 Å². The van der Waals surface area contributed by atoms with Gasteiger partial charge in [-0.25, -0.2) is 13.4 Å². The van der Waals surface area contributed by atoms with Crippen molar-refractivity contribution in [2.75, 3.05) is 18.6 Å². The number of ketones is 1. The highest BCUT2D eigenvalue weighted by molar-refractivity contribution is 7.99. The van der Waals surface area contributed by atoms with Crippen LogP contribution in [-0.4, -0.2) is 60.1 Å². The minimum Gasteiger partial charge on any atom is -0.368 e. The Hall–Kier alpha value is -1.71. The van der Waals surface area contributed by atoms with Gasteiger partial charge in [0, 0.05) is 24.5 Å². The molecule has 0 aliphatic carbocycles. The van der Waals surface area contributed by atoms with Crippen LogP contribution in [-0.2, 0) is 24.2 Å². The van der Waals surface area contributed by atoms with E-state index < -0.39 is 32.6 Å². The number of fused-ring (bicyclic) bond motifs is 1. The number of hydrogen-bond acceptors (Lipinski definition) is 7. The first kappa shape index (κ1) is 20.0. The fourth-order valence-electron chi connectivity index (χ4n) is 3.14. The number of hydrogen-bond donors (Lipinski definition) is 0. The summed E-state index contributed by atoms with van der Waals surface area (Å²) in [7, 11) is -2.34. The third kappa shape index (κ3) is 3.55. The molecule has 0 aromatic carbocycles. The summed E-state index contributed by atoms with van der Waals surface area (Å²) in [6, 6.07) is 5.43. The Morgan fingerprint density at radius 3 is 2.63 bits per heavy atom. The zero-order chi connectivity index (χ0) is 20.0. The molecule has 7 nitrogen and oxygen atoms in total. The van der Waals surface area contributed by atoms with Crippen LogP contribution in [0.5, 0.6) is 0 Å². The molecule has 1 aromatic rings. The Labute approximate surface area is 163 Å². The van der Waals surface area contributed by atoms with Crippen LogP contribution in [0.4, 0.5) is 0 Å². The van der Waals surface area contributed by atoms with E-state index in [9.17, 15) is 18.0 Å². The molecule has 9 heteroatoms. The number of nitrogens with zero attached hydrogens (tertiary/aromatic N) is 2.